The Balaban J connectivity index is 2.35. The fourth-order valence-corrected chi connectivity index (χ4v) is 3.10. The lowest BCUT2D eigenvalue weighted by Gasteiger charge is -2.02. The molecule has 0 unspecified atom stereocenters. The minimum atomic E-state index is -0.929. The van der Waals surface area contributed by atoms with E-state index >= 15 is 0 Å². The molecule has 0 saturated heterocycles. The van der Waals surface area contributed by atoms with Crippen LogP contribution in [-0.4, -0.2) is 11.1 Å². The third kappa shape index (κ3) is 3.09. The lowest BCUT2D eigenvalue weighted by Crippen LogP contribution is -1.84. The Bertz CT molecular complexity index is 614. The van der Waals surface area contributed by atoms with E-state index in [1.165, 1.54) is 5.56 Å². The van der Waals surface area contributed by atoms with Crippen LogP contribution in [0.3, 0.4) is 0 Å². The van der Waals surface area contributed by atoms with E-state index in [4.69, 9.17) is 5.11 Å². The number of aryl methyl sites for hydroxylation is 1. The maximum absolute atomic E-state index is 10.5. The smallest absolute Gasteiger partial charge is 0.328 e. The molecule has 1 heterocycles. The molecule has 0 amide bonds. The highest BCUT2D eigenvalue weighted by molar-refractivity contribution is 9.10. The predicted molar refractivity (Wildman–Crippen MR) is 78.9 cm³/mol. The highest BCUT2D eigenvalue weighted by Crippen LogP contribution is 2.34. The summed E-state index contributed by atoms with van der Waals surface area (Å²) < 4.78 is 1.05. The molecule has 0 fully saturated rings. The molecule has 0 spiro atoms. The van der Waals surface area contributed by atoms with Gasteiger partial charge in [-0.05, 0) is 37.3 Å². The molecule has 2 nitrogen and oxygen atoms in total. The fourth-order valence-electron chi connectivity index (χ4n) is 1.57. The van der Waals surface area contributed by atoms with E-state index in [9.17, 15) is 4.79 Å². The Kier molecular flexibility index (Phi) is 3.99. The third-order valence-electron chi connectivity index (χ3n) is 2.40. The van der Waals surface area contributed by atoms with E-state index in [0.717, 1.165) is 25.9 Å². The molecule has 1 aromatic heterocycles. The Hall–Kier alpha value is -1.39. The van der Waals surface area contributed by atoms with Crippen molar-refractivity contribution in [1.29, 1.82) is 0 Å². The van der Waals surface area contributed by atoms with Crippen LogP contribution in [-0.2, 0) is 4.79 Å². The molecule has 1 aromatic carbocycles. The molecular formula is C14H11BrO2S. The Labute approximate surface area is 118 Å². The number of aliphatic carboxylic acids is 1. The van der Waals surface area contributed by atoms with Gasteiger partial charge in [-0.15, -0.1) is 11.3 Å². The quantitative estimate of drug-likeness (QED) is 0.839. The molecular weight excluding hydrogens is 312 g/mol. The van der Waals surface area contributed by atoms with E-state index in [-0.39, 0.29) is 0 Å². The number of carbonyl (C=O) groups is 1. The van der Waals surface area contributed by atoms with Gasteiger partial charge < -0.3 is 5.11 Å². The van der Waals surface area contributed by atoms with Gasteiger partial charge in [-0.2, -0.15) is 0 Å². The minimum absolute atomic E-state index is 0.929. The van der Waals surface area contributed by atoms with E-state index in [0.29, 0.717) is 0 Å². The number of rotatable bonds is 3. The zero-order chi connectivity index (χ0) is 13.1. The first kappa shape index (κ1) is 13.1. The van der Waals surface area contributed by atoms with Crippen LogP contribution in [0, 0.1) is 6.92 Å². The van der Waals surface area contributed by atoms with Crippen molar-refractivity contribution in [3.05, 3.63) is 51.3 Å². The summed E-state index contributed by atoms with van der Waals surface area (Å²) in [5.74, 6) is -0.929. The van der Waals surface area contributed by atoms with Gasteiger partial charge >= 0.3 is 5.97 Å². The molecule has 2 aromatic rings. The van der Waals surface area contributed by atoms with Gasteiger partial charge in [0.1, 0.15) is 0 Å². The molecule has 0 radical (unpaired) electrons. The van der Waals surface area contributed by atoms with Gasteiger partial charge in [0.25, 0.3) is 0 Å². The van der Waals surface area contributed by atoms with Crippen LogP contribution >= 0.6 is 27.3 Å². The Morgan fingerprint density at radius 2 is 2.11 bits per heavy atom. The zero-order valence-electron chi connectivity index (χ0n) is 9.68. The topological polar surface area (TPSA) is 37.3 Å². The summed E-state index contributed by atoms with van der Waals surface area (Å²) in [6.07, 6.45) is 2.76. The summed E-state index contributed by atoms with van der Waals surface area (Å²) in [6.45, 7) is 2.05. The predicted octanol–water partition coefficient (Wildman–Crippen LogP) is 4.58. The average molecular weight is 323 g/mol. The highest BCUT2D eigenvalue weighted by Gasteiger charge is 2.06. The van der Waals surface area contributed by atoms with Crippen molar-refractivity contribution in [3.63, 3.8) is 0 Å². The van der Waals surface area contributed by atoms with Gasteiger partial charge in [0.05, 0.1) is 0 Å². The first-order valence-corrected chi connectivity index (χ1v) is 6.94. The summed E-state index contributed by atoms with van der Waals surface area (Å²) in [5, 5.41) is 8.59. The van der Waals surface area contributed by atoms with Crippen molar-refractivity contribution in [1.82, 2.24) is 0 Å². The molecule has 4 heteroatoms. The van der Waals surface area contributed by atoms with Gasteiger partial charge in [-0.1, -0.05) is 27.6 Å². The second-order valence-corrected chi connectivity index (χ2v) is 5.83. The molecule has 2 rings (SSSR count). The van der Waals surface area contributed by atoms with Crippen LogP contribution < -0.4 is 0 Å². The lowest BCUT2D eigenvalue weighted by atomic mass is 10.1. The van der Waals surface area contributed by atoms with Crippen molar-refractivity contribution < 1.29 is 9.90 Å². The van der Waals surface area contributed by atoms with Gasteiger partial charge in [0.2, 0.25) is 0 Å². The van der Waals surface area contributed by atoms with Crippen LogP contribution in [0.2, 0.25) is 0 Å². The molecule has 0 aliphatic rings. The largest absolute Gasteiger partial charge is 0.478 e. The van der Waals surface area contributed by atoms with Gasteiger partial charge in [0.15, 0.2) is 0 Å². The fraction of sp³-hybridized carbons (Fsp3) is 0.0714. The molecule has 18 heavy (non-hydrogen) atoms. The van der Waals surface area contributed by atoms with Crippen LogP contribution in [0.4, 0.5) is 0 Å². The summed E-state index contributed by atoms with van der Waals surface area (Å²) in [7, 11) is 0. The van der Waals surface area contributed by atoms with E-state index in [2.05, 4.69) is 28.9 Å². The van der Waals surface area contributed by atoms with Crippen molar-refractivity contribution in [2.75, 3.05) is 0 Å². The van der Waals surface area contributed by atoms with E-state index < -0.39 is 5.97 Å². The lowest BCUT2D eigenvalue weighted by molar-refractivity contribution is -0.131. The average Bonchev–Trinajstić information content (AvgIpc) is 2.78. The third-order valence-corrected chi connectivity index (χ3v) is 4.18. The van der Waals surface area contributed by atoms with Crippen LogP contribution in [0.15, 0.2) is 40.9 Å². The normalized spacial score (nSPS) is 11.0. The van der Waals surface area contributed by atoms with Crippen molar-refractivity contribution in [3.8, 4) is 10.4 Å². The molecule has 0 aliphatic carbocycles. The van der Waals surface area contributed by atoms with Crippen molar-refractivity contribution >= 4 is 39.3 Å². The van der Waals surface area contributed by atoms with Crippen LogP contribution in [0.5, 0.6) is 0 Å². The number of benzene rings is 1. The Morgan fingerprint density at radius 1 is 1.33 bits per heavy atom. The monoisotopic (exact) mass is 322 g/mol. The zero-order valence-corrected chi connectivity index (χ0v) is 12.1. The maximum Gasteiger partial charge on any atom is 0.328 e. The first-order valence-electron chi connectivity index (χ1n) is 5.33. The standard InChI is InChI=1S/C14H11BrO2S/c1-9-2-5-12(15)11(8-9)13-6-3-10(18-13)4-7-14(16)17/h2-8H,1H3,(H,16,17)/b7-4+. The van der Waals surface area contributed by atoms with Crippen molar-refractivity contribution in [2.45, 2.75) is 6.92 Å². The second-order valence-electron chi connectivity index (χ2n) is 3.86. The van der Waals surface area contributed by atoms with Gasteiger partial charge in [0, 0.05) is 25.9 Å². The van der Waals surface area contributed by atoms with E-state index in [1.54, 1.807) is 17.4 Å². The number of halogens is 1. The number of hydrogen-bond donors (Lipinski definition) is 1. The molecule has 0 aliphatic heterocycles. The maximum atomic E-state index is 10.5. The molecule has 0 bridgehead atoms. The highest BCUT2D eigenvalue weighted by atomic mass is 79.9. The number of carboxylic acid groups (broad SMARTS) is 1. The van der Waals surface area contributed by atoms with E-state index in [1.807, 2.05) is 24.3 Å². The van der Waals surface area contributed by atoms with Crippen molar-refractivity contribution in [2.24, 2.45) is 0 Å². The summed E-state index contributed by atoms with van der Waals surface area (Å²) >= 11 is 5.10. The summed E-state index contributed by atoms with van der Waals surface area (Å²) in [5.41, 5.74) is 2.33. The molecule has 0 atom stereocenters. The number of thiophene rings is 1. The molecule has 92 valence electrons. The van der Waals surface area contributed by atoms with Crippen LogP contribution in [0.1, 0.15) is 10.4 Å². The van der Waals surface area contributed by atoms with Gasteiger partial charge in [-0.3, -0.25) is 0 Å². The summed E-state index contributed by atoms with van der Waals surface area (Å²) in [6, 6.07) is 10.1. The number of carboxylic acids is 1. The minimum Gasteiger partial charge on any atom is -0.478 e. The second kappa shape index (κ2) is 5.50. The molecule has 1 N–H and O–H groups in total. The van der Waals surface area contributed by atoms with Gasteiger partial charge in [-0.25, -0.2) is 4.79 Å². The first-order chi connectivity index (χ1) is 8.56. The summed E-state index contributed by atoms with van der Waals surface area (Å²) in [4.78, 5) is 12.5. The van der Waals surface area contributed by atoms with Crippen LogP contribution in [0.25, 0.3) is 16.5 Å². The number of hydrogen-bond acceptors (Lipinski definition) is 2. The SMILES string of the molecule is Cc1ccc(Br)c(-c2ccc(/C=C/C(=O)O)s2)c1. The Morgan fingerprint density at radius 3 is 2.83 bits per heavy atom. The molecule has 0 saturated carbocycles.